The zero-order valence-corrected chi connectivity index (χ0v) is 17.0. The van der Waals surface area contributed by atoms with Gasteiger partial charge in [-0.1, -0.05) is 69.8 Å². The molecule has 0 aromatic carbocycles. The molecule has 0 aliphatic carbocycles. The van der Waals surface area contributed by atoms with Crippen molar-refractivity contribution in [3.63, 3.8) is 0 Å². The molecule has 0 fully saturated rings. The van der Waals surface area contributed by atoms with Crippen molar-refractivity contribution in [1.82, 2.24) is 0 Å². The second-order valence-electron chi connectivity index (χ2n) is 7.16. The van der Waals surface area contributed by atoms with Gasteiger partial charge in [0.15, 0.2) is 11.5 Å². The van der Waals surface area contributed by atoms with Gasteiger partial charge in [-0.2, -0.15) is 0 Å². The van der Waals surface area contributed by atoms with Gasteiger partial charge in [-0.25, -0.2) is 0 Å². The molecular formula is C24H38O2. The summed E-state index contributed by atoms with van der Waals surface area (Å²) in [6, 6.07) is 3.72. The van der Waals surface area contributed by atoms with Crippen molar-refractivity contribution < 1.29 is 9.21 Å². The Morgan fingerprint density at radius 1 is 0.846 bits per heavy atom. The molecule has 0 saturated carbocycles. The SMILES string of the molecule is CCCCCC=CCC=CCCCCCCCCc1ccc(C(C)=O)o1. The smallest absolute Gasteiger partial charge is 0.194 e. The summed E-state index contributed by atoms with van der Waals surface area (Å²) in [5.74, 6) is 1.44. The summed E-state index contributed by atoms with van der Waals surface area (Å²) in [5, 5.41) is 0. The average molecular weight is 359 g/mol. The minimum Gasteiger partial charge on any atom is -0.458 e. The van der Waals surface area contributed by atoms with Gasteiger partial charge in [0, 0.05) is 13.3 Å². The number of aryl methyl sites for hydroxylation is 1. The third-order valence-corrected chi connectivity index (χ3v) is 4.63. The molecule has 0 spiro atoms. The molecule has 0 N–H and O–H groups in total. The maximum absolute atomic E-state index is 11.2. The Labute approximate surface area is 160 Å². The van der Waals surface area contributed by atoms with Crippen LogP contribution in [0, 0.1) is 0 Å². The van der Waals surface area contributed by atoms with Crippen molar-refractivity contribution in [1.29, 1.82) is 0 Å². The number of rotatable bonds is 16. The van der Waals surface area contributed by atoms with Crippen LogP contribution in [0.5, 0.6) is 0 Å². The molecule has 0 saturated heterocycles. The van der Waals surface area contributed by atoms with Crippen LogP contribution in [0.25, 0.3) is 0 Å². The molecule has 146 valence electrons. The fraction of sp³-hybridized carbons (Fsp3) is 0.625. The third kappa shape index (κ3) is 11.9. The van der Waals surface area contributed by atoms with Gasteiger partial charge in [0.2, 0.25) is 0 Å². The second-order valence-corrected chi connectivity index (χ2v) is 7.16. The Hall–Kier alpha value is -1.57. The highest BCUT2D eigenvalue weighted by Crippen LogP contribution is 2.14. The summed E-state index contributed by atoms with van der Waals surface area (Å²) in [4.78, 5) is 11.2. The highest BCUT2D eigenvalue weighted by atomic mass is 16.3. The topological polar surface area (TPSA) is 30.2 Å². The number of ketones is 1. The molecule has 0 amide bonds. The number of unbranched alkanes of at least 4 members (excludes halogenated alkanes) is 9. The van der Waals surface area contributed by atoms with Crippen LogP contribution >= 0.6 is 0 Å². The average Bonchev–Trinajstić information content (AvgIpc) is 3.10. The van der Waals surface area contributed by atoms with Crippen molar-refractivity contribution in [2.24, 2.45) is 0 Å². The van der Waals surface area contributed by atoms with E-state index in [1.807, 2.05) is 6.07 Å². The largest absolute Gasteiger partial charge is 0.458 e. The Balaban J connectivity index is 1.87. The van der Waals surface area contributed by atoms with E-state index in [2.05, 4.69) is 31.2 Å². The normalized spacial score (nSPS) is 11.8. The highest BCUT2D eigenvalue weighted by Gasteiger charge is 2.05. The summed E-state index contributed by atoms with van der Waals surface area (Å²) in [6.07, 6.45) is 25.4. The standard InChI is InChI=1S/C24H38O2/c1-3-4-5-6-7-8-9-10-11-12-13-14-15-16-17-18-19-23-20-21-24(26-23)22(2)25/h7-8,10-11,20-21H,3-6,9,12-19H2,1-2H3. The minimum atomic E-state index is 0.00768. The van der Waals surface area contributed by atoms with Gasteiger partial charge in [-0.05, 0) is 50.7 Å². The van der Waals surface area contributed by atoms with Gasteiger partial charge in [0.25, 0.3) is 0 Å². The molecule has 1 aromatic rings. The molecule has 1 rings (SSSR count). The van der Waals surface area contributed by atoms with E-state index in [0.717, 1.165) is 25.0 Å². The number of hydrogen-bond acceptors (Lipinski definition) is 2. The van der Waals surface area contributed by atoms with E-state index in [9.17, 15) is 4.79 Å². The van der Waals surface area contributed by atoms with Crippen LogP contribution in [0.1, 0.15) is 107 Å². The van der Waals surface area contributed by atoms with Crippen molar-refractivity contribution in [3.05, 3.63) is 48.0 Å². The van der Waals surface area contributed by atoms with Gasteiger partial charge in [0.1, 0.15) is 5.76 Å². The first kappa shape index (κ1) is 22.5. The van der Waals surface area contributed by atoms with Crippen molar-refractivity contribution in [2.75, 3.05) is 0 Å². The van der Waals surface area contributed by atoms with E-state index in [1.165, 1.54) is 64.2 Å². The molecule has 0 atom stereocenters. The van der Waals surface area contributed by atoms with E-state index in [-0.39, 0.29) is 5.78 Å². The molecule has 0 bridgehead atoms. The first-order valence-corrected chi connectivity index (χ1v) is 10.6. The molecule has 1 heterocycles. The molecular weight excluding hydrogens is 320 g/mol. The van der Waals surface area contributed by atoms with Crippen molar-refractivity contribution in [3.8, 4) is 0 Å². The second kappa shape index (κ2) is 15.7. The first-order chi connectivity index (χ1) is 12.7. The fourth-order valence-electron chi connectivity index (χ4n) is 2.99. The lowest BCUT2D eigenvalue weighted by Crippen LogP contribution is -1.87. The Morgan fingerprint density at radius 3 is 2.08 bits per heavy atom. The predicted octanol–water partition coefficient (Wildman–Crippen LogP) is 7.84. The predicted molar refractivity (Wildman–Crippen MR) is 112 cm³/mol. The summed E-state index contributed by atoms with van der Waals surface area (Å²) in [5.41, 5.74) is 0. The zero-order valence-electron chi connectivity index (χ0n) is 17.0. The van der Waals surface area contributed by atoms with Crippen LogP contribution in [-0.4, -0.2) is 5.78 Å². The van der Waals surface area contributed by atoms with Gasteiger partial charge < -0.3 is 4.42 Å². The molecule has 0 aliphatic rings. The quantitative estimate of drug-likeness (QED) is 0.171. The number of hydrogen-bond donors (Lipinski definition) is 0. The third-order valence-electron chi connectivity index (χ3n) is 4.63. The monoisotopic (exact) mass is 358 g/mol. The van der Waals surface area contributed by atoms with Crippen molar-refractivity contribution >= 4 is 5.78 Å². The van der Waals surface area contributed by atoms with Gasteiger partial charge >= 0.3 is 0 Å². The maximum Gasteiger partial charge on any atom is 0.194 e. The fourth-order valence-corrected chi connectivity index (χ4v) is 2.99. The number of carbonyl (C=O) groups is 1. The summed E-state index contributed by atoms with van der Waals surface area (Å²) >= 11 is 0. The first-order valence-electron chi connectivity index (χ1n) is 10.6. The van der Waals surface area contributed by atoms with E-state index in [1.54, 1.807) is 13.0 Å². The van der Waals surface area contributed by atoms with Gasteiger partial charge in [0.05, 0.1) is 0 Å². The molecule has 1 aromatic heterocycles. The summed E-state index contributed by atoms with van der Waals surface area (Å²) in [7, 11) is 0. The minimum absolute atomic E-state index is 0.00768. The van der Waals surface area contributed by atoms with E-state index >= 15 is 0 Å². The van der Waals surface area contributed by atoms with Crippen LogP contribution in [0.2, 0.25) is 0 Å². The van der Waals surface area contributed by atoms with Crippen molar-refractivity contribution in [2.45, 2.75) is 97.3 Å². The van der Waals surface area contributed by atoms with Crippen LogP contribution in [0.4, 0.5) is 0 Å². The summed E-state index contributed by atoms with van der Waals surface area (Å²) < 4.78 is 5.51. The lowest BCUT2D eigenvalue weighted by Gasteiger charge is -2.00. The Morgan fingerprint density at radius 2 is 1.46 bits per heavy atom. The van der Waals surface area contributed by atoms with E-state index in [0.29, 0.717) is 5.76 Å². The number of carbonyl (C=O) groups excluding carboxylic acids is 1. The summed E-state index contributed by atoms with van der Waals surface area (Å²) in [6.45, 7) is 3.79. The number of allylic oxidation sites excluding steroid dienone is 4. The molecule has 2 nitrogen and oxygen atoms in total. The van der Waals surface area contributed by atoms with Gasteiger partial charge in [-0.3, -0.25) is 4.79 Å². The molecule has 2 heteroatoms. The highest BCUT2D eigenvalue weighted by molar-refractivity contribution is 5.91. The molecule has 26 heavy (non-hydrogen) atoms. The number of furan rings is 1. The maximum atomic E-state index is 11.2. The van der Waals surface area contributed by atoms with Crippen LogP contribution < -0.4 is 0 Å². The lowest BCUT2D eigenvalue weighted by molar-refractivity contribution is 0.0985. The van der Waals surface area contributed by atoms with Crippen LogP contribution in [0.15, 0.2) is 40.9 Å². The van der Waals surface area contributed by atoms with E-state index < -0.39 is 0 Å². The van der Waals surface area contributed by atoms with Crippen LogP contribution in [-0.2, 0) is 6.42 Å². The van der Waals surface area contributed by atoms with Gasteiger partial charge in [-0.15, -0.1) is 0 Å². The van der Waals surface area contributed by atoms with Crippen LogP contribution in [0.3, 0.4) is 0 Å². The molecule has 0 unspecified atom stereocenters. The lowest BCUT2D eigenvalue weighted by atomic mass is 10.1. The number of Topliss-reactive ketones (excluding diaryl/α,β-unsaturated/α-hetero) is 1. The molecule has 0 aliphatic heterocycles. The Kier molecular flexibility index (Phi) is 13.5. The zero-order chi connectivity index (χ0) is 18.9. The Bertz CT molecular complexity index is 522. The van der Waals surface area contributed by atoms with E-state index in [4.69, 9.17) is 4.42 Å². The molecule has 0 radical (unpaired) electrons.